The standard InChI is InChI=1S/C5H4F4O2/c1-3(6)4(10)11-2-5(7,8)9/h1-2H2/i1D. The van der Waals surface area contributed by atoms with Crippen molar-refractivity contribution in [3.63, 3.8) is 0 Å². The molecule has 0 heterocycles. The monoisotopic (exact) mass is 173 g/mol. The molecule has 0 saturated heterocycles. The molecule has 0 aromatic rings. The average Bonchev–Trinajstić information content (AvgIpc) is 1.97. The molecule has 0 atom stereocenters. The summed E-state index contributed by atoms with van der Waals surface area (Å²) in [5, 5.41) is 0. The first-order chi connectivity index (χ1) is 5.37. The van der Waals surface area contributed by atoms with Gasteiger partial charge in [-0.15, -0.1) is 0 Å². The fraction of sp³-hybridized carbons (Fsp3) is 0.400. The maximum Gasteiger partial charge on any atom is 0.422 e. The Balaban J connectivity index is 3.89. The molecule has 0 saturated carbocycles. The van der Waals surface area contributed by atoms with Gasteiger partial charge in [0, 0.05) is 0 Å². The van der Waals surface area contributed by atoms with Crippen molar-refractivity contribution in [3.8, 4) is 0 Å². The molecule has 0 rings (SSSR count). The molecule has 0 aromatic heterocycles. The van der Waals surface area contributed by atoms with Gasteiger partial charge in [0.15, 0.2) is 6.61 Å². The van der Waals surface area contributed by atoms with Gasteiger partial charge in [-0.25, -0.2) is 4.79 Å². The second-order valence-corrected chi connectivity index (χ2v) is 1.54. The Morgan fingerprint density at radius 2 is 2.18 bits per heavy atom. The van der Waals surface area contributed by atoms with Gasteiger partial charge in [0.05, 0.1) is 1.37 Å². The van der Waals surface area contributed by atoms with Crippen molar-refractivity contribution in [3.05, 3.63) is 12.4 Å². The van der Waals surface area contributed by atoms with E-state index >= 15 is 0 Å². The second-order valence-electron chi connectivity index (χ2n) is 1.54. The van der Waals surface area contributed by atoms with Crippen LogP contribution in [0.1, 0.15) is 1.37 Å². The quantitative estimate of drug-likeness (QED) is 0.360. The summed E-state index contributed by atoms with van der Waals surface area (Å²) in [6.45, 7) is -1.88. The number of rotatable bonds is 2. The van der Waals surface area contributed by atoms with Crippen molar-refractivity contribution in [2.75, 3.05) is 6.61 Å². The lowest BCUT2D eigenvalue weighted by Crippen LogP contribution is -2.20. The zero-order chi connectivity index (χ0) is 9.78. The minimum absolute atomic E-state index is 0.0291. The Labute approximate surface area is 60.9 Å². The van der Waals surface area contributed by atoms with E-state index in [4.69, 9.17) is 1.37 Å². The number of carbonyl (C=O) groups is 1. The summed E-state index contributed by atoms with van der Waals surface area (Å²) in [5.41, 5.74) is 0. The normalized spacial score (nSPS) is 14.2. The highest BCUT2D eigenvalue weighted by atomic mass is 19.4. The summed E-state index contributed by atoms with van der Waals surface area (Å²) in [4.78, 5) is 10.1. The molecule has 0 aliphatic heterocycles. The van der Waals surface area contributed by atoms with Crippen LogP contribution in [0.2, 0.25) is 0 Å². The first-order valence-corrected chi connectivity index (χ1v) is 2.35. The van der Waals surface area contributed by atoms with E-state index in [1.807, 2.05) is 0 Å². The van der Waals surface area contributed by atoms with Gasteiger partial charge in [-0.2, -0.15) is 17.6 Å². The summed E-state index contributed by atoms with van der Waals surface area (Å²) in [6.07, 6.45) is -4.68. The van der Waals surface area contributed by atoms with E-state index in [-0.39, 0.29) is 6.55 Å². The van der Waals surface area contributed by atoms with Crippen LogP contribution in [0.5, 0.6) is 0 Å². The molecule has 0 radical (unpaired) electrons. The Morgan fingerprint density at radius 1 is 1.64 bits per heavy atom. The van der Waals surface area contributed by atoms with Crippen molar-refractivity contribution < 1.29 is 28.5 Å². The molecule has 64 valence electrons. The van der Waals surface area contributed by atoms with Crippen LogP contribution in [0.4, 0.5) is 17.6 Å². The van der Waals surface area contributed by atoms with Crippen LogP contribution in [0, 0.1) is 0 Å². The van der Waals surface area contributed by atoms with E-state index in [0.29, 0.717) is 0 Å². The molecule has 0 aliphatic rings. The maximum absolute atomic E-state index is 11.9. The van der Waals surface area contributed by atoms with Crippen molar-refractivity contribution in [2.24, 2.45) is 0 Å². The van der Waals surface area contributed by atoms with Crippen LogP contribution in [0.3, 0.4) is 0 Å². The highest BCUT2D eigenvalue weighted by Gasteiger charge is 2.29. The summed E-state index contributed by atoms with van der Waals surface area (Å²) in [7, 11) is 0. The fourth-order valence-corrected chi connectivity index (χ4v) is 0.216. The zero-order valence-electron chi connectivity index (χ0n) is 6.11. The Morgan fingerprint density at radius 3 is 2.55 bits per heavy atom. The van der Waals surface area contributed by atoms with E-state index in [2.05, 4.69) is 4.74 Å². The Bertz CT molecular complexity index is 198. The molecule has 6 heteroatoms. The topological polar surface area (TPSA) is 26.3 Å². The van der Waals surface area contributed by atoms with Crippen LogP contribution >= 0.6 is 0 Å². The van der Waals surface area contributed by atoms with Crippen molar-refractivity contribution >= 4 is 5.97 Å². The maximum atomic E-state index is 11.9. The molecule has 0 fully saturated rings. The van der Waals surface area contributed by atoms with E-state index < -0.39 is 24.6 Å². The molecule has 0 aromatic carbocycles. The number of hydrogen-bond donors (Lipinski definition) is 0. The summed E-state index contributed by atoms with van der Waals surface area (Å²) in [6, 6.07) is 0. The van der Waals surface area contributed by atoms with Gasteiger partial charge in [0.25, 0.3) is 0 Å². The summed E-state index contributed by atoms with van der Waals surface area (Å²) < 4.78 is 55.5. The number of halogens is 4. The number of esters is 1. The highest BCUT2D eigenvalue weighted by molar-refractivity contribution is 5.85. The SMILES string of the molecule is [2H]C=C(F)C(=O)OCC(F)(F)F. The third kappa shape index (κ3) is 5.38. The molecule has 2 nitrogen and oxygen atoms in total. The van der Waals surface area contributed by atoms with Crippen LogP contribution in [-0.4, -0.2) is 18.8 Å². The number of alkyl halides is 3. The zero-order valence-corrected chi connectivity index (χ0v) is 5.11. The molecule has 0 aliphatic carbocycles. The molecule has 0 bridgehead atoms. The van der Waals surface area contributed by atoms with Crippen LogP contribution in [0.25, 0.3) is 0 Å². The van der Waals surface area contributed by atoms with Crippen molar-refractivity contribution in [1.82, 2.24) is 0 Å². The molecule has 0 unspecified atom stereocenters. The van der Waals surface area contributed by atoms with Gasteiger partial charge in [-0.05, 0) is 0 Å². The lowest BCUT2D eigenvalue weighted by molar-refractivity contribution is -0.184. The highest BCUT2D eigenvalue weighted by Crippen LogP contribution is 2.15. The molecule has 0 spiro atoms. The lowest BCUT2D eigenvalue weighted by Gasteiger charge is -2.05. The van der Waals surface area contributed by atoms with Gasteiger partial charge >= 0.3 is 12.1 Å². The van der Waals surface area contributed by atoms with E-state index in [0.717, 1.165) is 0 Å². The van der Waals surface area contributed by atoms with E-state index in [1.165, 1.54) is 0 Å². The first kappa shape index (κ1) is 8.03. The predicted octanol–water partition coefficient (Wildman–Crippen LogP) is 1.58. The molecular weight excluding hydrogens is 168 g/mol. The van der Waals surface area contributed by atoms with Gasteiger partial charge in [-0.1, -0.05) is 6.55 Å². The number of hydrogen-bond acceptors (Lipinski definition) is 2. The third-order valence-corrected chi connectivity index (χ3v) is 0.562. The van der Waals surface area contributed by atoms with Gasteiger partial charge < -0.3 is 4.74 Å². The van der Waals surface area contributed by atoms with Crippen molar-refractivity contribution in [2.45, 2.75) is 6.18 Å². The molecule has 0 amide bonds. The Kier molecular flexibility index (Phi) is 2.45. The lowest BCUT2D eigenvalue weighted by atomic mass is 10.6. The summed E-state index contributed by atoms with van der Waals surface area (Å²) >= 11 is 0. The Hall–Kier alpha value is -1.07. The largest absolute Gasteiger partial charge is 0.451 e. The smallest absolute Gasteiger partial charge is 0.422 e. The number of carbonyl (C=O) groups excluding carboxylic acids is 1. The number of ether oxygens (including phenoxy) is 1. The van der Waals surface area contributed by atoms with Crippen molar-refractivity contribution in [1.29, 1.82) is 0 Å². The summed E-state index contributed by atoms with van der Waals surface area (Å²) in [5.74, 6) is -3.46. The molecule has 11 heavy (non-hydrogen) atoms. The van der Waals surface area contributed by atoms with E-state index in [1.54, 1.807) is 0 Å². The third-order valence-electron chi connectivity index (χ3n) is 0.562. The van der Waals surface area contributed by atoms with Gasteiger partial charge in [0.1, 0.15) is 0 Å². The van der Waals surface area contributed by atoms with E-state index in [9.17, 15) is 22.4 Å². The van der Waals surface area contributed by atoms with Crippen LogP contribution in [0.15, 0.2) is 12.4 Å². The first-order valence-electron chi connectivity index (χ1n) is 2.92. The minimum atomic E-state index is -4.68. The predicted molar refractivity (Wildman–Crippen MR) is 27.3 cm³/mol. The molecule has 0 N–H and O–H groups in total. The van der Waals surface area contributed by atoms with Gasteiger partial charge in [-0.3, -0.25) is 0 Å². The minimum Gasteiger partial charge on any atom is -0.451 e. The average molecular weight is 173 g/mol. The van der Waals surface area contributed by atoms with Gasteiger partial charge in [0.2, 0.25) is 5.83 Å². The second kappa shape index (κ2) is 3.36. The fourth-order valence-electron chi connectivity index (χ4n) is 0.216. The molecular formula is C5H4F4O2. The van der Waals surface area contributed by atoms with Crippen LogP contribution in [-0.2, 0) is 9.53 Å². The van der Waals surface area contributed by atoms with Crippen LogP contribution < -0.4 is 0 Å².